The second kappa shape index (κ2) is 9.86. The Balaban J connectivity index is 2.16. The molecule has 0 N–H and O–H groups in total. The summed E-state index contributed by atoms with van der Waals surface area (Å²) in [7, 11) is 2.60. The Hall–Kier alpha value is -3.48. The van der Waals surface area contributed by atoms with Crippen LogP contribution >= 0.6 is 0 Å². The van der Waals surface area contributed by atoms with E-state index in [2.05, 4.69) is 10.3 Å². The lowest BCUT2D eigenvalue weighted by Crippen LogP contribution is -2.19. The number of esters is 1. The molecule has 0 saturated carbocycles. The molecule has 0 spiro atoms. The Bertz CT molecular complexity index is 860. The van der Waals surface area contributed by atoms with Crippen LogP contribution in [-0.4, -0.2) is 37.4 Å². The maximum atomic E-state index is 12.3. The predicted octanol–water partition coefficient (Wildman–Crippen LogP) is 2.99. The van der Waals surface area contributed by atoms with Crippen LogP contribution in [0, 0.1) is 0 Å². The molecule has 7 heteroatoms. The molecule has 0 aliphatic heterocycles. The fraction of sp³-hybridized carbons (Fsp3) is 0.200. The molecule has 0 amide bonds. The standard InChI is InChI=1S/C20H20N2O5/c1-14(19(23)15-9-5-4-6-10-15)21-27-13-16-11-7-8-12-17(16)18(22-26-3)20(24)25-2/h4-12H,13H2,1-3H3/b21-14+,22-18+. The van der Waals surface area contributed by atoms with Crippen LogP contribution in [0.3, 0.4) is 0 Å². The SMILES string of the molecule is CO/N=C(/C(=O)OC)c1ccccc1CO/N=C(\C)C(=O)c1ccccc1. The molecule has 0 unspecified atom stereocenters. The highest BCUT2D eigenvalue weighted by atomic mass is 16.6. The van der Waals surface area contributed by atoms with Crippen LogP contribution in [0.2, 0.25) is 0 Å². The Morgan fingerprint density at radius 2 is 1.59 bits per heavy atom. The van der Waals surface area contributed by atoms with Crippen LogP contribution in [0.1, 0.15) is 28.4 Å². The third kappa shape index (κ3) is 5.24. The average Bonchev–Trinajstić information content (AvgIpc) is 2.72. The molecule has 0 fully saturated rings. The molecule has 0 aliphatic carbocycles. The third-order valence-electron chi connectivity index (χ3n) is 3.62. The fourth-order valence-corrected chi connectivity index (χ4v) is 2.30. The van der Waals surface area contributed by atoms with E-state index in [1.165, 1.54) is 14.2 Å². The summed E-state index contributed by atoms with van der Waals surface area (Å²) in [5.74, 6) is -0.858. The van der Waals surface area contributed by atoms with Gasteiger partial charge in [-0.3, -0.25) is 4.79 Å². The molecule has 0 aliphatic rings. The number of carbonyl (C=O) groups excluding carboxylic acids is 2. The Morgan fingerprint density at radius 1 is 0.926 bits per heavy atom. The van der Waals surface area contributed by atoms with Gasteiger partial charge in [0.2, 0.25) is 5.78 Å². The molecule has 0 aromatic heterocycles. The number of oxime groups is 2. The highest BCUT2D eigenvalue weighted by molar-refractivity contribution is 6.45. The number of Topliss-reactive ketones (excluding diaryl/α,β-unsaturated/α-hetero) is 1. The Kier molecular flexibility index (Phi) is 7.25. The highest BCUT2D eigenvalue weighted by Gasteiger charge is 2.19. The van der Waals surface area contributed by atoms with E-state index in [4.69, 9.17) is 14.4 Å². The number of methoxy groups -OCH3 is 1. The molecule has 2 aromatic carbocycles. The molecule has 0 saturated heterocycles. The second-order valence-corrected chi connectivity index (χ2v) is 5.42. The van der Waals surface area contributed by atoms with E-state index in [0.717, 1.165) is 0 Å². The number of rotatable bonds is 8. The topological polar surface area (TPSA) is 86.6 Å². The van der Waals surface area contributed by atoms with Crippen molar-refractivity contribution in [3.05, 3.63) is 71.3 Å². The first-order valence-electron chi connectivity index (χ1n) is 8.12. The van der Waals surface area contributed by atoms with Gasteiger partial charge in [0.05, 0.1) is 7.11 Å². The first kappa shape index (κ1) is 19.8. The van der Waals surface area contributed by atoms with E-state index in [0.29, 0.717) is 16.7 Å². The molecule has 140 valence electrons. The van der Waals surface area contributed by atoms with Crippen LogP contribution < -0.4 is 0 Å². The van der Waals surface area contributed by atoms with Gasteiger partial charge in [0.25, 0.3) is 0 Å². The highest BCUT2D eigenvalue weighted by Crippen LogP contribution is 2.13. The summed E-state index contributed by atoms with van der Waals surface area (Å²) in [5, 5.41) is 7.62. The van der Waals surface area contributed by atoms with Gasteiger partial charge in [0.15, 0.2) is 5.71 Å². The summed E-state index contributed by atoms with van der Waals surface area (Å²) in [5.41, 5.74) is 1.90. The lowest BCUT2D eigenvalue weighted by molar-refractivity contribution is -0.132. The largest absolute Gasteiger partial charge is 0.464 e. The van der Waals surface area contributed by atoms with Crippen LogP contribution in [0.15, 0.2) is 64.9 Å². The van der Waals surface area contributed by atoms with E-state index in [1.54, 1.807) is 55.5 Å². The first-order valence-corrected chi connectivity index (χ1v) is 8.12. The maximum Gasteiger partial charge on any atom is 0.360 e. The van der Waals surface area contributed by atoms with Crippen molar-refractivity contribution < 1.29 is 24.0 Å². The predicted molar refractivity (Wildman–Crippen MR) is 101 cm³/mol. The van der Waals surface area contributed by atoms with E-state index < -0.39 is 5.97 Å². The summed E-state index contributed by atoms with van der Waals surface area (Å²) in [6.45, 7) is 1.61. The molecule has 2 rings (SSSR count). The van der Waals surface area contributed by atoms with Crippen molar-refractivity contribution in [3.8, 4) is 0 Å². The monoisotopic (exact) mass is 368 g/mol. The van der Waals surface area contributed by atoms with E-state index in [1.807, 2.05) is 6.07 Å². The smallest absolute Gasteiger partial charge is 0.360 e. The molecule has 0 bridgehead atoms. The van der Waals surface area contributed by atoms with Gasteiger partial charge >= 0.3 is 5.97 Å². The fourth-order valence-electron chi connectivity index (χ4n) is 2.30. The van der Waals surface area contributed by atoms with Crippen molar-refractivity contribution in [2.45, 2.75) is 13.5 Å². The van der Waals surface area contributed by atoms with Crippen molar-refractivity contribution in [1.82, 2.24) is 0 Å². The first-order chi connectivity index (χ1) is 13.1. The van der Waals surface area contributed by atoms with Crippen molar-refractivity contribution >= 4 is 23.2 Å². The number of hydrogen-bond acceptors (Lipinski definition) is 7. The Morgan fingerprint density at radius 3 is 2.26 bits per heavy atom. The normalized spacial score (nSPS) is 11.7. The van der Waals surface area contributed by atoms with Gasteiger partial charge in [-0.2, -0.15) is 0 Å². The lowest BCUT2D eigenvalue weighted by Gasteiger charge is -2.09. The summed E-state index contributed by atoms with van der Waals surface area (Å²) in [6.07, 6.45) is 0. The Labute approximate surface area is 157 Å². The molecule has 7 nitrogen and oxygen atoms in total. The van der Waals surface area contributed by atoms with Crippen molar-refractivity contribution in [3.63, 3.8) is 0 Å². The third-order valence-corrected chi connectivity index (χ3v) is 3.62. The number of ketones is 1. The van der Waals surface area contributed by atoms with Gasteiger partial charge < -0.3 is 14.4 Å². The van der Waals surface area contributed by atoms with E-state index in [9.17, 15) is 9.59 Å². The van der Waals surface area contributed by atoms with Gasteiger partial charge in [-0.1, -0.05) is 64.9 Å². The summed E-state index contributed by atoms with van der Waals surface area (Å²) in [6, 6.07) is 15.8. The number of nitrogens with zero attached hydrogens (tertiary/aromatic N) is 2. The zero-order chi connectivity index (χ0) is 19.6. The minimum Gasteiger partial charge on any atom is -0.464 e. The number of benzene rings is 2. The summed E-state index contributed by atoms with van der Waals surface area (Å²) in [4.78, 5) is 34.3. The van der Waals surface area contributed by atoms with Crippen molar-refractivity contribution in [1.29, 1.82) is 0 Å². The lowest BCUT2D eigenvalue weighted by atomic mass is 10.0. The second-order valence-electron chi connectivity index (χ2n) is 5.42. The molecular formula is C20H20N2O5. The van der Waals surface area contributed by atoms with Crippen molar-refractivity contribution in [2.75, 3.05) is 14.2 Å². The summed E-state index contributed by atoms with van der Waals surface area (Å²) < 4.78 is 4.73. The van der Waals surface area contributed by atoms with Crippen molar-refractivity contribution in [2.24, 2.45) is 10.3 Å². The van der Waals surface area contributed by atoms with Gasteiger partial charge in [-0.15, -0.1) is 0 Å². The maximum absolute atomic E-state index is 12.3. The molecule has 27 heavy (non-hydrogen) atoms. The van der Waals surface area contributed by atoms with Crippen LogP contribution in [-0.2, 0) is 25.8 Å². The zero-order valence-electron chi connectivity index (χ0n) is 15.3. The molecule has 0 radical (unpaired) electrons. The average molecular weight is 368 g/mol. The minimum atomic E-state index is -0.636. The summed E-state index contributed by atoms with van der Waals surface area (Å²) >= 11 is 0. The van der Waals surface area contributed by atoms with Crippen LogP contribution in [0.5, 0.6) is 0 Å². The number of hydrogen-bond donors (Lipinski definition) is 0. The quantitative estimate of drug-likeness (QED) is 0.309. The van der Waals surface area contributed by atoms with E-state index >= 15 is 0 Å². The van der Waals surface area contributed by atoms with Gasteiger partial charge in [-0.05, 0) is 6.92 Å². The number of carbonyl (C=O) groups is 2. The molecule has 2 aromatic rings. The van der Waals surface area contributed by atoms with Crippen LogP contribution in [0.4, 0.5) is 0 Å². The van der Waals surface area contributed by atoms with Gasteiger partial charge in [0, 0.05) is 16.7 Å². The molecular weight excluding hydrogens is 348 g/mol. The zero-order valence-corrected chi connectivity index (χ0v) is 15.3. The van der Waals surface area contributed by atoms with Gasteiger partial charge in [0.1, 0.15) is 19.4 Å². The molecule has 0 atom stereocenters. The van der Waals surface area contributed by atoms with Gasteiger partial charge in [-0.25, -0.2) is 4.79 Å². The molecule has 0 heterocycles. The minimum absolute atomic E-state index is 0.0141. The van der Waals surface area contributed by atoms with Crippen LogP contribution in [0.25, 0.3) is 0 Å². The van der Waals surface area contributed by atoms with E-state index in [-0.39, 0.29) is 23.8 Å². The number of ether oxygens (including phenoxy) is 1.